The summed E-state index contributed by atoms with van der Waals surface area (Å²) in [5.74, 6) is 0. The van der Waals surface area contributed by atoms with Gasteiger partial charge in [-0.25, -0.2) is 0 Å². The summed E-state index contributed by atoms with van der Waals surface area (Å²) in [5, 5.41) is 0.658. The van der Waals surface area contributed by atoms with Gasteiger partial charge in [-0.15, -0.1) is 0 Å². The molecule has 2 rings (SSSR count). The van der Waals surface area contributed by atoms with Crippen LogP contribution in [0.1, 0.15) is 43.5 Å². The van der Waals surface area contributed by atoms with Crippen LogP contribution >= 0.6 is 11.6 Å². The number of rotatable bonds is 4. The van der Waals surface area contributed by atoms with E-state index in [9.17, 15) is 4.79 Å². The van der Waals surface area contributed by atoms with E-state index in [-0.39, 0.29) is 11.6 Å². The number of halogens is 1. The molecular weight excluding hydrogens is 272 g/mol. The zero-order chi connectivity index (χ0) is 14.7. The minimum Gasteiger partial charge on any atom is -0.320 e. The highest BCUT2D eigenvalue weighted by Crippen LogP contribution is 2.19. The fourth-order valence-electron chi connectivity index (χ4n) is 2.16. The van der Waals surface area contributed by atoms with Crippen LogP contribution in [0.2, 0.25) is 5.02 Å². The highest BCUT2D eigenvalue weighted by atomic mass is 35.5. The maximum Gasteiger partial charge on any atom is 0.255 e. The van der Waals surface area contributed by atoms with Gasteiger partial charge in [0.05, 0.1) is 6.04 Å². The molecule has 0 radical (unpaired) electrons. The van der Waals surface area contributed by atoms with Crippen molar-refractivity contribution in [1.29, 1.82) is 0 Å². The molecular formula is C16H19ClN2O. The van der Waals surface area contributed by atoms with Crippen molar-refractivity contribution in [2.45, 2.75) is 32.4 Å². The lowest BCUT2D eigenvalue weighted by Gasteiger charge is -2.17. The molecule has 2 atom stereocenters. The number of hydrogen-bond donors (Lipinski definition) is 1. The van der Waals surface area contributed by atoms with E-state index in [2.05, 4.69) is 6.92 Å². The van der Waals surface area contributed by atoms with E-state index >= 15 is 0 Å². The zero-order valence-electron chi connectivity index (χ0n) is 11.7. The van der Waals surface area contributed by atoms with Gasteiger partial charge in [0.25, 0.3) is 5.56 Å². The van der Waals surface area contributed by atoms with Crippen molar-refractivity contribution in [2.75, 3.05) is 0 Å². The molecule has 20 heavy (non-hydrogen) atoms. The zero-order valence-corrected chi connectivity index (χ0v) is 12.5. The molecule has 0 bridgehead atoms. The van der Waals surface area contributed by atoms with Crippen molar-refractivity contribution in [3.05, 3.63) is 69.1 Å². The Bertz CT molecular complexity index is 634. The van der Waals surface area contributed by atoms with Gasteiger partial charge in [-0.3, -0.25) is 4.79 Å². The van der Waals surface area contributed by atoms with Crippen molar-refractivity contribution in [1.82, 2.24) is 4.57 Å². The van der Waals surface area contributed by atoms with Crippen molar-refractivity contribution in [3.8, 4) is 0 Å². The average Bonchev–Trinajstić information content (AvgIpc) is 2.47. The van der Waals surface area contributed by atoms with Crippen molar-refractivity contribution >= 4 is 11.6 Å². The third-order valence-electron chi connectivity index (χ3n) is 3.63. The summed E-state index contributed by atoms with van der Waals surface area (Å²) in [4.78, 5) is 12.5. The molecule has 0 aliphatic carbocycles. The topological polar surface area (TPSA) is 48.0 Å². The molecule has 0 aliphatic heterocycles. The number of pyridine rings is 1. The molecule has 4 heteroatoms. The Balaban J connectivity index is 2.42. The lowest BCUT2D eigenvalue weighted by molar-refractivity contribution is 0.509. The molecule has 2 aromatic rings. The molecule has 0 aliphatic rings. The van der Waals surface area contributed by atoms with E-state index in [4.69, 9.17) is 17.3 Å². The first kappa shape index (κ1) is 14.8. The molecule has 1 aromatic heterocycles. The first-order valence-corrected chi connectivity index (χ1v) is 7.14. The third-order valence-corrected chi connectivity index (χ3v) is 3.89. The normalized spacial score (nSPS) is 14.0. The van der Waals surface area contributed by atoms with E-state index in [0.29, 0.717) is 10.6 Å². The van der Waals surface area contributed by atoms with Gasteiger partial charge in [0.1, 0.15) is 0 Å². The second kappa shape index (κ2) is 6.25. The molecule has 2 unspecified atom stereocenters. The molecule has 0 amide bonds. The fraction of sp³-hybridized carbons (Fsp3) is 0.312. The molecule has 3 nitrogen and oxygen atoms in total. The summed E-state index contributed by atoms with van der Waals surface area (Å²) in [7, 11) is 0. The molecule has 1 aromatic carbocycles. The Morgan fingerprint density at radius 3 is 2.50 bits per heavy atom. The number of nitrogens with two attached hydrogens (primary N) is 1. The van der Waals surface area contributed by atoms with E-state index in [1.807, 2.05) is 31.3 Å². The van der Waals surface area contributed by atoms with Crippen molar-refractivity contribution < 1.29 is 0 Å². The van der Waals surface area contributed by atoms with Crippen LogP contribution < -0.4 is 11.3 Å². The Kier molecular flexibility index (Phi) is 4.63. The molecule has 0 fully saturated rings. The summed E-state index contributed by atoms with van der Waals surface area (Å²) < 4.78 is 1.74. The molecule has 0 spiro atoms. The van der Waals surface area contributed by atoms with E-state index < -0.39 is 6.04 Å². The highest BCUT2D eigenvalue weighted by molar-refractivity contribution is 6.30. The van der Waals surface area contributed by atoms with E-state index in [1.54, 1.807) is 22.8 Å². The Labute approximate surface area is 124 Å². The largest absolute Gasteiger partial charge is 0.320 e. The maximum absolute atomic E-state index is 12.5. The van der Waals surface area contributed by atoms with Crippen LogP contribution in [-0.2, 0) is 0 Å². The van der Waals surface area contributed by atoms with Crippen molar-refractivity contribution in [2.24, 2.45) is 5.73 Å². The predicted octanol–water partition coefficient (Wildman–Crippen LogP) is 3.52. The highest BCUT2D eigenvalue weighted by Gasteiger charge is 2.15. The Hall–Kier alpha value is -1.58. The second-order valence-electron chi connectivity index (χ2n) is 4.96. The van der Waals surface area contributed by atoms with Gasteiger partial charge in [-0.2, -0.15) is 0 Å². The Morgan fingerprint density at radius 1 is 1.25 bits per heavy atom. The monoisotopic (exact) mass is 290 g/mol. The molecule has 1 heterocycles. The summed E-state index contributed by atoms with van der Waals surface area (Å²) in [6.07, 6.45) is 2.72. The number of nitrogens with zero attached hydrogens (tertiary/aromatic N) is 1. The van der Waals surface area contributed by atoms with Crippen molar-refractivity contribution in [3.63, 3.8) is 0 Å². The quantitative estimate of drug-likeness (QED) is 0.936. The minimum atomic E-state index is -0.434. The smallest absolute Gasteiger partial charge is 0.255 e. The van der Waals surface area contributed by atoms with E-state index in [1.165, 1.54) is 0 Å². The van der Waals surface area contributed by atoms with Crippen LogP contribution in [0.4, 0.5) is 0 Å². The summed E-state index contributed by atoms with van der Waals surface area (Å²) >= 11 is 5.87. The van der Waals surface area contributed by atoms with Gasteiger partial charge in [0, 0.05) is 22.8 Å². The molecule has 0 saturated carbocycles. The maximum atomic E-state index is 12.5. The van der Waals surface area contributed by atoms with E-state index in [0.717, 1.165) is 12.0 Å². The fourth-order valence-corrected chi connectivity index (χ4v) is 2.28. The van der Waals surface area contributed by atoms with Crippen LogP contribution in [0.25, 0.3) is 0 Å². The van der Waals surface area contributed by atoms with Gasteiger partial charge >= 0.3 is 0 Å². The van der Waals surface area contributed by atoms with Gasteiger partial charge in [-0.05, 0) is 37.1 Å². The van der Waals surface area contributed by atoms with Crippen LogP contribution in [0, 0.1) is 0 Å². The first-order valence-electron chi connectivity index (χ1n) is 6.76. The van der Waals surface area contributed by atoms with Gasteiger partial charge < -0.3 is 10.3 Å². The lowest BCUT2D eigenvalue weighted by atomic mass is 10.0. The first-order chi connectivity index (χ1) is 9.54. The number of benzene rings is 1. The Morgan fingerprint density at radius 2 is 1.90 bits per heavy atom. The standard InChI is InChI=1S/C16H19ClN2O/c1-3-11(2)19-10-4-5-14(16(19)20)15(18)12-6-8-13(17)9-7-12/h4-11,15H,3,18H2,1-2H3. The number of hydrogen-bond acceptors (Lipinski definition) is 2. The van der Waals surface area contributed by atoms with Crippen LogP contribution in [-0.4, -0.2) is 4.57 Å². The molecule has 2 N–H and O–H groups in total. The van der Waals surface area contributed by atoms with Gasteiger partial charge in [-0.1, -0.05) is 36.7 Å². The van der Waals surface area contributed by atoms with Crippen LogP contribution in [0.15, 0.2) is 47.4 Å². The molecule has 0 saturated heterocycles. The van der Waals surface area contributed by atoms with Crippen LogP contribution in [0.3, 0.4) is 0 Å². The second-order valence-corrected chi connectivity index (χ2v) is 5.40. The summed E-state index contributed by atoms with van der Waals surface area (Å²) in [6.45, 7) is 4.09. The predicted molar refractivity (Wildman–Crippen MR) is 83.2 cm³/mol. The average molecular weight is 291 g/mol. The SMILES string of the molecule is CCC(C)n1cccc(C(N)c2ccc(Cl)cc2)c1=O. The molecule has 106 valence electrons. The third kappa shape index (κ3) is 2.94. The van der Waals surface area contributed by atoms with Crippen LogP contribution in [0.5, 0.6) is 0 Å². The van der Waals surface area contributed by atoms with Gasteiger partial charge in [0.15, 0.2) is 0 Å². The summed E-state index contributed by atoms with van der Waals surface area (Å²) in [6, 6.07) is 10.7. The minimum absolute atomic E-state index is 0.0238. The lowest BCUT2D eigenvalue weighted by Crippen LogP contribution is -2.29. The number of aromatic nitrogens is 1. The summed E-state index contributed by atoms with van der Waals surface area (Å²) in [5.41, 5.74) is 7.69. The van der Waals surface area contributed by atoms with Gasteiger partial charge in [0.2, 0.25) is 0 Å².